The van der Waals surface area contributed by atoms with Gasteiger partial charge in [-0.05, 0) is 119 Å². The van der Waals surface area contributed by atoms with Crippen LogP contribution in [0, 0.1) is 0 Å². The molecule has 14 aromatic rings. The van der Waals surface area contributed by atoms with E-state index in [0.717, 1.165) is 159 Å². The third-order valence-electron chi connectivity index (χ3n) is 16.0. The molecule has 6 heteroatoms. The molecule has 16 rings (SSSR count). The number of furan rings is 3. The van der Waals surface area contributed by atoms with E-state index in [0.29, 0.717) is 5.84 Å². The maximum Gasteiger partial charge on any atom is 0.160 e. The Morgan fingerprint density at radius 2 is 1.06 bits per heavy atom. The summed E-state index contributed by atoms with van der Waals surface area (Å²) in [5.74, 6) is 1.76. The number of allylic oxidation sites excluding steroid dienone is 2. The van der Waals surface area contributed by atoms with E-state index < -0.39 is 0 Å². The summed E-state index contributed by atoms with van der Waals surface area (Å²) in [6, 6.07) is 77.7. The van der Waals surface area contributed by atoms with Crippen molar-refractivity contribution >= 4 is 100.0 Å². The molecule has 10 aromatic carbocycles. The van der Waals surface area contributed by atoms with Gasteiger partial charge >= 0.3 is 0 Å². The average molecular weight is 1000 g/mol. The van der Waals surface area contributed by atoms with Gasteiger partial charge in [0, 0.05) is 72.1 Å². The van der Waals surface area contributed by atoms with Crippen molar-refractivity contribution in [2.75, 3.05) is 0 Å². The molecule has 2 aliphatic rings. The predicted octanol–water partition coefficient (Wildman–Crippen LogP) is 19.4. The molecule has 0 amide bonds. The van der Waals surface area contributed by atoms with Crippen LogP contribution in [0.15, 0.2) is 254 Å². The van der Waals surface area contributed by atoms with Crippen molar-refractivity contribution in [3.05, 3.63) is 259 Å². The third kappa shape index (κ3) is 7.25. The van der Waals surface area contributed by atoms with Crippen LogP contribution in [0.5, 0.6) is 0 Å². The maximum atomic E-state index is 6.63. The fourth-order valence-corrected chi connectivity index (χ4v) is 12.2. The lowest BCUT2D eigenvalue weighted by Gasteiger charge is -2.14. The van der Waals surface area contributed by atoms with E-state index in [-0.39, 0.29) is 0 Å². The Labute approximate surface area is 448 Å². The van der Waals surface area contributed by atoms with Gasteiger partial charge in [-0.25, -0.2) is 9.98 Å². The molecule has 6 nitrogen and oxygen atoms in total. The highest BCUT2D eigenvalue weighted by Crippen LogP contribution is 2.42. The summed E-state index contributed by atoms with van der Waals surface area (Å²) in [5.41, 5.74) is 20.7. The molecule has 1 aliphatic carbocycles. The SMILES string of the molecule is C1=Cc2c(oc3cc(-c4ccc(C5=NC(c6ccccc6)=N/C(c6cccc7oc8ccc(-c9ccc%10c(c9)c9ccccc9n%10-c9ccc(-c%10cccc%11c%10oc%10ccccc%10%11)cc9)cc8c67)=C\CC5)cc4)ccc23)CC1. The van der Waals surface area contributed by atoms with Crippen molar-refractivity contribution in [3.8, 4) is 39.1 Å². The number of aromatic nitrogens is 1. The summed E-state index contributed by atoms with van der Waals surface area (Å²) in [6.45, 7) is 0. The van der Waals surface area contributed by atoms with Crippen molar-refractivity contribution in [1.82, 2.24) is 4.57 Å². The summed E-state index contributed by atoms with van der Waals surface area (Å²) in [4.78, 5) is 10.8. The number of benzene rings is 10. The van der Waals surface area contributed by atoms with Gasteiger partial charge in [-0.1, -0.05) is 170 Å². The van der Waals surface area contributed by atoms with Gasteiger partial charge in [0.25, 0.3) is 0 Å². The van der Waals surface area contributed by atoms with Crippen LogP contribution in [-0.2, 0) is 6.42 Å². The average Bonchev–Trinajstić information content (AvgIpc) is 4.47. The van der Waals surface area contributed by atoms with Crippen molar-refractivity contribution in [2.45, 2.75) is 25.7 Å². The van der Waals surface area contributed by atoms with E-state index >= 15 is 0 Å². The van der Waals surface area contributed by atoms with E-state index in [1.165, 1.54) is 21.7 Å². The van der Waals surface area contributed by atoms with Gasteiger partial charge < -0.3 is 17.8 Å². The Bertz CT molecular complexity index is 4880. The van der Waals surface area contributed by atoms with Gasteiger partial charge in [0.2, 0.25) is 0 Å². The molecular formula is C72H47N3O3. The lowest BCUT2D eigenvalue weighted by molar-refractivity contribution is 0.546. The molecule has 1 aliphatic heterocycles. The molecule has 0 radical (unpaired) electrons. The van der Waals surface area contributed by atoms with Gasteiger partial charge in [-0.3, -0.25) is 0 Å². The minimum absolute atomic E-state index is 0.677. The molecule has 0 saturated heterocycles. The quantitative estimate of drug-likeness (QED) is 0.160. The van der Waals surface area contributed by atoms with Crippen LogP contribution >= 0.6 is 0 Å². The molecule has 0 fully saturated rings. The minimum atomic E-state index is 0.677. The highest BCUT2D eigenvalue weighted by atomic mass is 16.3. The van der Waals surface area contributed by atoms with Gasteiger partial charge in [0.05, 0.1) is 22.4 Å². The second-order valence-electron chi connectivity index (χ2n) is 20.6. The van der Waals surface area contributed by atoms with E-state index in [4.69, 9.17) is 23.2 Å². The number of hydrogen-bond acceptors (Lipinski definition) is 5. The van der Waals surface area contributed by atoms with Crippen molar-refractivity contribution in [3.63, 3.8) is 0 Å². The van der Waals surface area contributed by atoms with Crippen molar-refractivity contribution < 1.29 is 13.3 Å². The normalized spacial score (nSPS) is 14.5. The zero-order chi connectivity index (χ0) is 51.3. The molecule has 0 spiro atoms. The number of hydrogen-bond donors (Lipinski definition) is 0. The van der Waals surface area contributed by atoms with E-state index in [1.54, 1.807) is 0 Å². The van der Waals surface area contributed by atoms with E-state index in [1.807, 2.05) is 18.2 Å². The number of aliphatic imine (C=N–C) groups is 2. The summed E-state index contributed by atoms with van der Waals surface area (Å²) in [5, 5.41) is 7.92. The van der Waals surface area contributed by atoms with Crippen LogP contribution < -0.4 is 0 Å². The zero-order valence-corrected chi connectivity index (χ0v) is 42.4. The molecule has 0 N–H and O–H groups in total. The fraction of sp³-hybridized carbons (Fsp3) is 0.0556. The Morgan fingerprint density at radius 1 is 0.385 bits per heavy atom. The maximum absolute atomic E-state index is 6.63. The number of fused-ring (bicyclic) bond motifs is 12. The van der Waals surface area contributed by atoms with Crippen molar-refractivity contribution in [1.29, 1.82) is 0 Å². The highest BCUT2D eigenvalue weighted by Gasteiger charge is 2.21. The van der Waals surface area contributed by atoms with Crippen LogP contribution in [0.1, 0.15) is 47.3 Å². The van der Waals surface area contributed by atoms with Crippen LogP contribution in [0.3, 0.4) is 0 Å². The number of para-hydroxylation sites is 3. The molecule has 0 saturated carbocycles. The van der Waals surface area contributed by atoms with Crippen LogP contribution in [0.2, 0.25) is 0 Å². The number of rotatable bonds is 7. The molecule has 0 bridgehead atoms. The van der Waals surface area contributed by atoms with Crippen molar-refractivity contribution in [2.24, 2.45) is 9.98 Å². The first-order valence-corrected chi connectivity index (χ1v) is 26.9. The molecule has 5 heterocycles. The number of amidine groups is 1. The standard InChI is InChI=1S/C72H47N3O3/c1-2-13-47(14-3-1)72-73-61(46-29-27-44(28-30-46)50-33-38-56-54-16-5-8-24-65(54)77-69(56)43-50)21-12-22-62(74-72)58-20-11-26-68-70(58)60-42-49(35-40-67(60)76-68)48-34-39-64-59(41-48)53-15-4-7-23-63(53)75(64)51-36-31-45(32-37-51)52-18-10-19-57-55-17-6-9-25-66(55)78-71(52)57/h1-7,9-11,13-20,22-23,25-43H,8,12,21,24H2/b62-22-,73-61?,74-72?. The topological polar surface area (TPSA) is 69.1 Å². The Hall–Kier alpha value is -10.0. The molecule has 78 heavy (non-hydrogen) atoms. The summed E-state index contributed by atoms with van der Waals surface area (Å²) < 4.78 is 21.7. The fourth-order valence-electron chi connectivity index (χ4n) is 12.2. The second-order valence-corrected chi connectivity index (χ2v) is 20.6. The lowest BCUT2D eigenvalue weighted by Crippen LogP contribution is -2.09. The third-order valence-corrected chi connectivity index (χ3v) is 16.0. The number of nitrogens with zero attached hydrogens (tertiary/aromatic N) is 3. The first-order chi connectivity index (χ1) is 38.6. The zero-order valence-electron chi connectivity index (χ0n) is 42.4. The van der Waals surface area contributed by atoms with Gasteiger partial charge in [-0.15, -0.1) is 0 Å². The smallest absolute Gasteiger partial charge is 0.160 e. The summed E-state index contributed by atoms with van der Waals surface area (Å²) >= 11 is 0. The molecule has 0 unspecified atom stereocenters. The summed E-state index contributed by atoms with van der Waals surface area (Å²) in [7, 11) is 0. The first-order valence-electron chi connectivity index (χ1n) is 26.9. The van der Waals surface area contributed by atoms with Gasteiger partial charge in [-0.2, -0.15) is 0 Å². The predicted molar refractivity (Wildman–Crippen MR) is 322 cm³/mol. The van der Waals surface area contributed by atoms with Crippen LogP contribution in [-0.4, -0.2) is 16.1 Å². The Morgan fingerprint density at radius 3 is 1.96 bits per heavy atom. The lowest BCUT2D eigenvalue weighted by atomic mass is 9.97. The minimum Gasteiger partial charge on any atom is -0.460 e. The summed E-state index contributed by atoms with van der Waals surface area (Å²) in [6.07, 6.45) is 10.2. The molecule has 368 valence electrons. The monoisotopic (exact) mass is 1000 g/mol. The Balaban J connectivity index is 0.742. The second kappa shape index (κ2) is 17.8. The largest absolute Gasteiger partial charge is 0.460 e. The van der Waals surface area contributed by atoms with Crippen LogP contribution in [0.4, 0.5) is 0 Å². The van der Waals surface area contributed by atoms with E-state index in [2.05, 4.69) is 223 Å². The highest BCUT2D eigenvalue weighted by molar-refractivity contribution is 6.17. The first kappa shape index (κ1) is 44.3. The Kier molecular flexibility index (Phi) is 10.1. The van der Waals surface area contributed by atoms with E-state index in [9.17, 15) is 0 Å². The van der Waals surface area contributed by atoms with Gasteiger partial charge in [0.15, 0.2) is 5.84 Å². The molecule has 0 atom stereocenters. The van der Waals surface area contributed by atoms with Gasteiger partial charge in [0.1, 0.15) is 33.7 Å². The molecular weight excluding hydrogens is 955 g/mol. The van der Waals surface area contributed by atoms with Crippen LogP contribution in [0.25, 0.3) is 127 Å². The molecule has 4 aromatic heterocycles. The number of aryl methyl sites for hydroxylation is 1.